The number of carbonyl (C=O) groups excluding carboxylic acids is 2. The lowest BCUT2D eigenvalue weighted by molar-refractivity contribution is -0.151. The normalized spacial score (nSPS) is 13.9. The highest BCUT2D eigenvalue weighted by molar-refractivity contribution is 5.77. The molecule has 3 unspecified atom stereocenters. The van der Waals surface area contributed by atoms with Crippen molar-refractivity contribution in [1.82, 2.24) is 5.32 Å². The van der Waals surface area contributed by atoms with Gasteiger partial charge in [0.25, 0.3) is 0 Å². The molecule has 0 spiro atoms. The maximum atomic E-state index is 13.2. The molecule has 0 saturated carbocycles. The van der Waals surface area contributed by atoms with Gasteiger partial charge in [0.2, 0.25) is 5.91 Å². The molecule has 0 bridgehead atoms. The minimum absolute atomic E-state index is 0.0458. The Kier molecular flexibility index (Phi) is 46.2. The summed E-state index contributed by atoms with van der Waals surface area (Å²) >= 11 is 0. The van der Waals surface area contributed by atoms with E-state index in [-0.39, 0.29) is 24.9 Å². The molecule has 0 heterocycles. The van der Waals surface area contributed by atoms with Gasteiger partial charge in [0, 0.05) is 6.42 Å². The zero-order valence-corrected chi connectivity index (χ0v) is 40.0. The van der Waals surface area contributed by atoms with Gasteiger partial charge in [-0.15, -0.1) is 0 Å². The molecule has 3 N–H and O–H groups in total. The summed E-state index contributed by atoms with van der Waals surface area (Å²) in [6.45, 7) is 6.30. The van der Waals surface area contributed by atoms with Crippen LogP contribution in [0.15, 0.2) is 72.9 Å². The van der Waals surface area contributed by atoms with Crippen molar-refractivity contribution in [3.05, 3.63) is 72.9 Å². The van der Waals surface area contributed by atoms with Crippen molar-refractivity contribution in [3.8, 4) is 0 Å². The van der Waals surface area contributed by atoms with Gasteiger partial charge in [-0.3, -0.25) is 9.59 Å². The van der Waals surface area contributed by atoms with Crippen LogP contribution in [0, 0.1) is 0 Å². The van der Waals surface area contributed by atoms with Gasteiger partial charge in [0.15, 0.2) is 0 Å². The first-order valence-corrected chi connectivity index (χ1v) is 25.7. The predicted molar refractivity (Wildman–Crippen MR) is 264 cm³/mol. The van der Waals surface area contributed by atoms with E-state index in [4.69, 9.17) is 4.74 Å². The Balaban J connectivity index is 4.63. The molecule has 3 atom stereocenters. The van der Waals surface area contributed by atoms with E-state index in [2.05, 4.69) is 74.7 Å². The number of esters is 1. The monoisotopic (exact) mass is 852 g/mol. The molecule has 0 radical (unpaired) electrons. The number of unbranched alkanes of at least 4 members (excludes halogenated alkanes) is 24. The van der Waals surface area contributed by atoms with Crippen molar-refractivity contribution in [3.63, 3.8) is 0 Å². The Hall–Kier alpha value is -2.70. The number of rotatable bonds is 45. The largest absolute Gasteiger partial charge is 0.462 e. The van der Waals surface area contributed by atoms with Crippen molar-refractivity contribution in [2.45, 2.75) is 257 Å². The van der Waals surface area contributed by atoms with Gasteiger partial charge in [0.05, 0.1) is 25.2 Å². The smallest absolute Gasteiger partial charge is 0.306 e. The summed E-state index contributed by atoms with van der Waals surface area (Å²) in [4.78, 5) is 26.1. The fraction of sp³-hybridized carbons (Fsp3) is 0.745. The van der Waals surface area contributed by atoms with Crippen LogP contribution in [0.3, 0.4) is 0 Å². The third-order valence-corrected chi connectivity index (χ3v) is 11.4. The van der Waals surface area contributed by atoms with Gasteiger partial charge in [-0.25, -0.2) is 0 Å². The van der Waals surface area contributed by atoms with Crippen LogP contribution in [0.25, 0.3) is 0 Å². The summed E-state index contributed by atoms with van der Waals surface area (Å²) in [5.74, 6) is -0.523. The minimum atomic E-state index is -0.802. The Morgan fingerprint density at radius 1 is 0.508 bits per heavy atom. The number of aliphatic hydroxyl groups is 2. The highest BCUT2D eigenvalue weighted by atomic mass is 16.5. The first kappa shape index (κ1) is 58.3. The van der Waals surface area contributed by atoms with Crippen LogP contribution in [-0.2, 0) is 14.3 Å². The molecule has 6 nitrogen and oxygen atoms in total. The molecule has 0 aromatic rings. The fourth-order valence-corrected chi connectivity index (χ4v) is 7.47. The van der Waals surface area contributed by atoms with E-state index < -0.39 is 18.2 Å². The molecule has 352 valence electrons. The number of amides is 1. The number of hydrogen-bond acceptors (Lipinski definition) is 5. The SMILES string of the molecule is CC/C=C/C=C/C=C/C=C\CCCCCC(CC(=O)NC(CO)C(O)CCCCCCCCCCCCCC)OC(=O)CCCCCCCCC/C=C\C/C=C\CCCCC. The van der Waals surface area contributed by atoms with E-state index in [0.717, 1.165) is 83.5 Å². The van der Waals surface area contributed by atoms with Crippen molar-refractivity contribution in [2.75, 3.05) is 6.61 Å². The van der Waals surface area contributed by atoms with Gasteiger partial charge in [-0.1, -0.05) is 222 Å². The van der Waals surface area contributed by atoms with E-state index in [1.807, 2.05) is 24.3 Å². The standard InChI is InChI=1S/C55H97NO5/c1-4-7-10-13-16-19-22-25-26-27-28-30-33-36-39-42-45-48-55(60)61-51(46-43-40-37-34-31-29-23-20-17-14-11-8-5-2)49-54(59)56-52(50-57)53(58)47-44-41-38-35-32-24-21-18-15-12-9-6-3/h8,11,14,16-17,19-20,23,25-26,29,31,51-53,57-58H,4-7,9-10,12-13,15,18,21-22,24,27-28,30,32-50H2,1-3H3,(H,56,59)/b11-8+,17-14+,19-16-,23-20+,26-25-,31-29-. The Bertz CT molecular complexity index is 1140. The molecular formula is C55H97NO5. The summed E-state index contributed by atoms with van der Waals surface area (Å²) in [6.07, 6.45) is 61.0. The Morgan fingerprint density at radius 3 is 1.52 bits per heavy atom. The first-order chi connectivity index (χ1) is 30.0. The molecule has 0 aliphatic carbocycles. The number of ether oxygens (including phenoxy) is 1. The van der Waals surface area contributed by atoms with E-state index in [1.165, 1.54) is 109 Å². The van der Waals surface area contributed by atoms with Gasteiger partial charge >= 0.3 is 5.97 Å². The molecule has 0 aliphatic heterocycles. The van der Waals surface area contributed by atoms with Crippen LogP contribution >= 0.6 is 0 Å². The van der Waals surface area contributed by atoms with Gasteiger partial charge in [-0.2, -0.15) is 0 Å². The lowest BCUT2D eigenvalue weighted by Crippen LogP contribution is -2.46. The van der Waals surface area contributed by atoms with Crippen LogP contribution < -0.4 is 5.32 Å². The maximum absolute atomic E-state index is 13.2. The van der Waals surface area contributed by atoms with Crippen molar-refractivity contribution < 1.29 is 24.5 Å². The van der Waals surface area contributed by atoms with Crippen molar-refractivity contribution >= 4 is 11.9 Å². The van der Waals surface area contributed by atoms with E-state index in [1.54, 1.807) is 0 Å². The summed E-state index contributed by atoms with van der Waals surface area (Å²) in [5.41, 5.74) is 0. The second-order valence-corrected chi connectivity index (χ2v) is 17.3. The maximum Gasteiger partial charge on any atom is 0.306 e. The predicted octanol–water partition coefficient (Wildman–Crippen LogP) is 15.4. The summed E-state index contributed by atoms with van der Waals surface area (Å²) in [7, 11) is 0. The van der Waals surface area contributed by atoms with Crippen molar-refractivity contribution in [2.24, 2.45) is 0 Å². The molecule has 0 fully saturated rings. The second-order valence-electron chi connectivity index (χ2n) is 17.3. The van der Waals surface area contributed by atoms with E-state index in [9.17, 15) is 19.8 Å². The lowest BCUT2D eigenvalue weighted by atomic mass is 10.0. The number of nitrogens with one attached hydrogen (secondary N) is 1. The summed E-state index contributed by atoms with van der Waals surface area (Å²) in [5, 5.41) is 23.7. The number of hydrogen-bond donors (Lipinski definition) is 3. The zero-order valence-electron chi connectivity index (χ0n) is 40.0. The Morgan fingerprint density at radius 2 is 0.951 bits per heavy atom. The molecule has 0 aliphatic rings. The highest BCUT2D eigenvalue weighted by Gasteiger charge is 2.24. The van der Waals surface area contributed by atoms with Gasteiger partial charge < -0.3 is 20.3 Å². The lowest BCUT2D eigenvalue weighted by Gasteiger charge is -2.24. The molecule has 0 rings (SSSR count). The zero-order chi connectivity index (χ0) is 44.5. The summed E-state index contributed by atoms with van der Waals surface area (Å²) in [6, 6.07) is -0.718. The van der Waals surface area contributed by atoms with Crippen LogP contribution in [0.2, 0.25) is 0 Å². The van der Waals surface area contributed by atoms with E-state index in [0.29, 0.717) is 19.3 Å². The van der Waals surface area contributed by atoms with Crippen LogP contribution in [0.4, 0.5) is 0 Å². The molecule has 61 heavy (non-hydrogen) atoms. The first-order valence-electron chi connectivity index (χ1n) is 25.7. The Labute approximate surface area is 377 Å². The fourth-order valence-electron chi connectivity index (χ4n) is 7.47. The molecule has 0 aromatic carbocycles. The van der Waals surface area contributed by atoms with E-state index >= 15 is 0 Å². The third-order valence-electron chi connectivity index (χ3n) is 11.4. The van der Waals surface area contributed by atoms with Gasteiger partial charge in [0.1, 0.15) is 6.10 Å². The minimum Gasteiger partial charge on any atom is -0.462 e. The average Bonchev–Trinajstić information content (AvgIpc) is 3.25. The average molecular weight is 852 g/mol. The topological polar surface area (TPSA) is 95.9 Å². The quantitative estimate of drug-likeness (QED) is 0.0245. The third kappa shape index (κ3) is 43.7. The highest BCUT2D eigenvalue weighted by Crippen LogP contribution is 2.17. The molecular weight excluding hydrogens is 755 g/mol. The van der Waals surface area contributed by atoms with Crippen LogP contribution in [0.5, 0.6) is 0 Å². The number of aliphatic hydroxyl groups excluding tert-OH is 2. The number of allylic oxidation sites excluding steroid dienone is 12. The summed E-state index contributed by atoms with van der Waals surface area (Å²) < 4.78 is 5.91. The molecule has 0 saturated heterocycles. The van der Waals surface area contributed by atoms with Crippen LogP contribution in [-0.4, -0.2) is 46.9 Å². The molecule has 1 amide bonds. The van der Waals surface area contributed by atoms with Crippen LogP contribution in [0.1, 0.15) is 239 Å². The van der Waals surface area contributed by atoms with Crippen molar-refractivity contribution in [1.29, 1.82) is 0 Å². The number of carbonyl (C=O) groups is 2. The second kappa shape index (κ2) is 48.3. The molecule has 6 heteroatoms. The molecule has 0 aromatic heterocycles. The van der Waals surface area contributed by atoms with Gasteiger partial charge in [-0.05, 0) is 77.0 Å².